The summed E-state index contributed by atoms with van der Waals surface area (Å²) >= 11 is 1.35. The van der Waals surface area contributed by atoms with Crippen LogP contribution in [0.4, 0.5) is 0 Å². The molecule has 0 heterocycles. The molecule has 0 aliphatic heterocycles. The lowest BCUT2D eigenvalue weighted by molar-refractivity contribution is -0.136. The van der Waals surface area contributed by atoms with Gasteiger partial charge in [0.05, 0.1) is 0 Å². The second-order valence-corrected chi connectivity index (χ2v) is 1.74. The van der Waals surface area contributed by atoms with Gasteiger partial charge in [-0.1, -0.05) is 0 Å². The topological polar surface area (TPSA) is 104 Å². The average Bonchev–Trinajstić information content (AvgIpc) is 1.62. The van der Waals surface area contributed by atoms with Gasteiger partial charge < -0.3 is 3.07 Å². The molecule has 0 saturated carbocycles. The molecule has 0 spiro atoms. The zero-order valence-corrected chi connectivity index (χ0v) is 6.08. The van der Waals surface area contributed by atoms with Crippen LogP contribution in [0.15, 0.2) is 0 Å². The summed E-state index contributed by atoms with van der Waals surface area (Å²) in [4.78, 5) is 10.2. The first-order valence-electron chi connectivity index (χ1n) is 1.68. The summed E-state index contributed by atoms with van der Waals surface area (Å²) in [5, 5.41) is 0. The van der Waals surface area contributed by atoms with Gasteiger partial charge >= 0.3 is 5.97 Å². The van der Waals surface area contributed by atoms with E-state index in [0.717, 1.165) is 0 Å². The van der Waals surface area contributed by atoms with E-state index in [1.54, 1.807) is 0 Å². The Hall–Kier alpha value is 0.0800. The molecule has 0 aliphatic rings. The third kappa shape index (κ3) is 2.40. The largest absolute Gasteiger partial charge is 0.391 e. The molecule has 0 aliphatic carbocycles. The number of nitrogens with two attached hydrogens (primary N) is 3. The standard InChI is InChI=1S/C2H6IN3O2/c3-8-1(7)2(4,5)6/h4-6H2. The fraction of sp³-hybridized carbons (Fsp3) is 0.500. The zero-order valence-electron chi connectivity index (χ0n) is 3.93. The molecule has 0 amide bonds. The van der Waals surface area contributed by atoms with Gasteiger partial charge in [0.25, 0.3) is 0 Å². The van der Waals surface area contributed by atoms with Crippen LogP contribution in [0.1, 0.15) is 0 Å². The zero-order chi connectivity index (χ0) is 6.78. The average molecular weight is 231 g/mol. The summed E-state index contributed by atoms with van der Waals surface area (Å²) in [5.74, 6) is -2.71. The van der Waals surface area contributed by atoms with Crippen molar-refractivity contribution >= 4 is 29.0 Å². The Morgan fingerprint density at radius 2 is 1.88 bits per heavy atom. The Balaban J connectivity index is 3.82. The smallest absolute Gasteiger partial charge is 0.365 e. The molecule has 5 nitrogen and oxygen atoms in total. The molecule has 8 heavy (non-hydrogen) atoms. The van der Waals surface area contributed by atoms with Crippen molar-refractivity contribution in [2.75, 3.05) is 0 Å². The minimum atomic E-state index is -1.86. The molecule has 48 valence electrons. The third-order valence-corrected chi connectivity index (χ3v) is 0.824. The van der Waals surface area contributed by atoms with Crippen molar-refractivity contribution in [3.63, 3.8) is 0 Å². The molecule has 6 heteroatoms. The Morgan fingerprint density at radius 3 is 1.88 bits per heavy atom. The van der Waals surface area contributed by atoms with Crippen molar-refractivity contribution in [1.82, 2.24) is 0 Å². The lowest BCUT2D eigenvalue weighted by atomic mass is 10.4. The third-order valence-electron chi connectivity index (χ3n) is 0.424. The normalized spacial score (nSPS) is 11.0. The molecular weight excluding hydrogens is 225 g/mol. The maximum absolute atomic E-state index is 10.2. The monoisotopic (exact) mass is 231 g/mol. The van der Waals surface area contributed by atoms with Gasteiger partial charge in [-0.25, -0.2) is 4.79 Å². The molecule has 6 N–H and O–H groups in total. The molecule has 0 aromatic rings. The molecule has 0 radical (unpaired) electrons. The first-order chi connectivity index (χ1) is 3.48. The Bertz CT molecular complexity index is 97.9. The summed E-state index contributed by atoms with van der Waals surface area (Å²) in [6.07, 6.45) is 0. The number of carbonyl (C=O) groups excluding carboxylic acids is 1. The van der Waals surface area contributed by atoms with E-state index in [1.165, 1.54) is 23.0 Å². The quantitative estimate of drug-likeness (QED) is 0.372. The Morgan fingerprint density at radius 1 is 1.50 bits per heavy atom. The Labute approximate surface area is 60.2 Å². The summed E-state index contributed by atoms with van der Waals surface area (Å²) in [7, 11) is 0. The number of rotatable bonds is 1. The molecule has 0 bridgehead atoms. The highest BCUT2D eigenvalue weighted by atomic mass is 127. The molecule has 0 rings (SSSR count). The van der Waals surface area contributed by atoms with Gasteiger partial charge in [0, 0.05) is 0 Å². The van der Waals surface area contributed by atoms with Gasteiger partial charge in [-0.3, -0.25) is 17.2 Å². The van der Waals surface area contributed by atoms with Crippen molar-refractivity contribution in [1.29, 1.82) is 0 Å². The van der Waals surface area contributed by atoms with Gasteiger partial charge in [-0.05, 0) is 0 Å². The predicted octanol–water partition coefficient (Wildman–Crippen LogP) is -1.59. The lowest BCUT2D eigenvalue weighted by Crippen LogP contribution is -2.64. The van der Waals surface area contributed by atoms with E-state index in [9.17, 15) is 4.79 Å². The Kier molecular flexibility index (Phi) is 2.60. The minimum absolute atomic E-state index is 0.849. The van der Waals surface area contributed by atoms with Crippen LogP contribution in [0, 0.1) is 0 Å². The van der Waals surface area contributed by atoms with Crippen molar-refractivity contribution in [3.8, 4) is 0 Å². The van der Waals surface area contributed by atoms with E-state index < -0.39 is 11.8 Å². The molecule has 0 aromatic carbocycles. The van der Waals surface area contributed by atoms with Crippen LogP contribution in [-0.2, 0) is 7.86 Å². The second kappa shape index (κ2) is 2.58. The molecule has 0 unspecified atom stereocenters. The summed E-state index contributed by atoms with van der Waals surface area (Å²) in [5.41, 5.74) is 14.6. The van der Waals surface area contributed by atoms with Crippen molar-refractivity contribution in [3.05, 3.63) is 0 Å². The van der Waals surface area contributed by atoms with E-state index in [4.69, 9.17) is 17.2 Å². The minimum Gasteiger partial charge on any atom is -0.391 e. The lowest BCUT2D eigenvalue weighted by Gasteiger charge is -2.12. The van der Waals surface area contributed by atoms with E-state index >= 15 is 0 Å². The van der Waals surface area contributed by atoms with Crippen LogP contribution in [-0.4, -0.2) is 11.8 Å². The molecule has 0 aromatic heterocycles. The molecule has 0 fully saturated rings. The first-order valence-corrected chi connectivity index (χ1v) is 2.56. The van der Waals surface area contributed by atoms with Crippen LogP contribution in [0.2, 0.25) is 0 Å². The number of hydrogen-bond acceptors (Lipinski definition) is 5. The van der Waals surface area contributed by atoms with Crippen molar-refractivity contribution in [2.24, 2.45) is 17.2 Å². The van der Waals surface area contributed by atoms with Crippen molar-refractivity contribution < 1.29 is 7.86 Å². The molecule has 0 saturated heterocycles. The maximum atomic E-state index is 10.2. The van der Waals surface area contributed by atoms with Crippen LogP contribution >= 0.6 is 23.0 Å². The van der Waals surface area contributed by atoms with E-state index in [2.05, 4.69) is 3.07 Å². The maximum Gasteiger partial charge on any atom is 0.365 e. The van der Waals surface area contributed by atoms with Crippen LogP contribution in [0.25, 0.3) is 0 Å². The fourth-order valence-electron chi connectivity index (χ4n) is 0.0668. The van der Waals surface area contributed by atoms with Crippen molar-refractivity contribution in [2.45, 2.75) is 5.79 Å². The van der Waals surface area contributed by atoms with Crippen LogP contribution in [0.3, 0.4) is 0 Å². The number of hydrogen-bond donors (Lipinski definition) is 3. The highest BCUT2D eigenvalue weighted by molar-refractivity contribution is 14.1. The van der Waals surface area contributed by atoms with Crippen LogP contribution in [0.5, 0.6) is 0 Å². The highest BCUT2D eigenvalue weighted by Crippen LogP contribution is 1.91. The van der Waals surface area contributed by atoms with Gasteiger partial charge in [0.1, 0.15) is 0 Å². The number of halogens is 1. The number of carbonyl (C=O) groups is 1. The van der Waals surface area contributed by atoms with E-state index in [-0.39, 0.29) is 0 Å². The molecular formula is C2H6IN3O2. The van der Waals surface area contributed by atoms with E-state index in [0.29, 0.717) is 0 Å². The fourth-order valence-corrected chi connectivity index (χ4v) is 0.448. The van der Waals surface area contributed by atoms with Crippen LogP contribution < -0.4 is 17.2 Å². The second-order valence-electron chi connectivity index (χ2n) is 1.30. The summed E-state index contributed by atoms with van der Waals surface area (Å²) in [6.45, 7) is 0. The SMILES string of the molecule is NC(N)(N)C(=O)OI. The summed E-state index contributed by atoms with van der Waals surface area (Å²) in [6, 6.07) is 0. The predicted molar refractivity (Wildman–Crippen MR) is 35.4 cm³/mol. The first kappa shape index (κ1) is 8.08. The molecule has 0 atom stereocenters. The van der Waals surface area contributed by atoms with Gasteiger partial charge in [-0.15, -0.1) is 0 Å². The summed E-state index contributed by atoms with van der Waals surface area (Å²) < 4.78 is 4.07. The van der Waals surface area contributed by atoms with Gasteiger partial charge in [0.2, 0.25) is 5.79 Å². The van der Waals surface area contributed by atoms with Gasteiger partial charge in [-0.2, -0.15) is 0 Å². The van der Waals surface area contributed by atoms with Gasteiger partial charge in [0.15, 0.2) is 23.0 Å². The van der Waals surface area contributed by atoms with E-state index in [1.807, 2.05) is 0 Å². The highest BCUT2D eigenvalue weighted by Gasteiger charge is 2.24.